The lowest BCUT2D eigenvalue weighted by molar-refractivity contribution is -0.130. The van der Waals surface area contributed by atoms with E-state index < -0.39 is 6.10 Å². The van der Waals surface area contributed by atoms with E-state index in [1.54, 1.807) is 35.1 Å². The number of aryl methyl sites for hydroxylation is 2. The average Bonchev–Trinajstić information content (AvgIpc) is 3.13. The number of hydrogen-bond donors (Lipinski definition) is 1. The smallest absolute Gasteiger partial charge is 0.224 e. The van der Waals surface area contributed by atoms with Crippen molar-refractivity contribution in [2.24, 2.45) is 5.92 Å². The lowest BCUT2D eigenvalue weighted by Crippen LogP contribution is -2.30. The predicted molar refractivity (Wildman–Crippen MR) is 98.1 cm³/mol. The van der Waals surface area contributed by atoms with Crippen LogP contribution in [0.2, 0.25) is 0 Å². The van der Waals surface area contributed by atoms with Crippen molar-refractivity contribution in [3.05, 3.63) is 41.2 Å². The average molecular weight is 371 g/mol. The fraction of sp³-hybridized carbons (Fsp3) is 0.526. The first-order valence-electron chi connectivity index (χ1n) is 9.12. The molecule has 0 radical (unpaired) electrons. The van der Waals surface area contributed by atoms with E-state index in [2.05, 4.69) is 15.1 Å². The number of ketones is 1. The summed E-state index contributed by atoms with van der Waals surface area (Å²) in [7, 11) is 0. The SMILES string of the molecule is CC(=O)c1c(C)nn(CCC(=O)N2C[C@@H](Cc3cnccn3)[C@H](O)C2)c1C. The van der Waals surface area contributed by atoms with Gasteiger partial charge in [-0.25, -0.2) is 0 Å². The first-order valence-corrected chi connectivity index (χ1v) is 9.12. The second-order valence-electron chi connectivity index (χ2n) is 7.10. The molecule has 1 aliphatic heterocycles. The van der Waals surface area contributed by atoms with Crippen molar-refractivity contribution < 1.29 is 14.7 Å². The molecule has 1 amide bonds. The van der Waals surface area contributed by atoms with Crippen molar-refractivity contribution in [2.45, 2.75) is 46.3 Å². The van der Waals surface area contributed by atoms with Gasteiger partial charge in [-0.05, 0) is 27.2 Å². The van der Waals surface area contributed by atoms with Gasteiger partial charge in [-0.15, -0.1) is 0 Å². The highest BCUT2D eigenvalue weighted by atomic mass is 16.3. The Labute approximate surface area is 158 Å². The van der Waals surface area contributed by atoms with Crippen LogP contribution in [0.1, 0.15) is 40.8 Å². The van der Waals surface area contributed by atoms with Crippen molar-refractivity contribution >= 4 is 11.7 Å². The quantitative estimate of drug-likeness (QED) is 0.759. The normalized spacial score (nSPS) is 19.5. The Hall–Kier alpha value is -2.61. The summed E-state index contributed by atoms with van der Waals surface area (Å²) < 4.78 is 1.72. The number of β-amino-alcohol motifs (C(OH)–C–C–N with tert-alkyl or cyclic N) is 1. The Bertz CT molecular complexity index is 833. The molecule has 1 saturated heterocycles. The Balaban J connectivity index is 1.58. The molecule has 1 fully saturated rings. The maximum Gasteiger partial charge on any atom is 0.224 e. The van der Waals surface area contributed by atoms with E-state index in [1.165, 1.54) is 6.92 Å². The molecule has 0 spiro atoms. The molecule has 8 nitrogen and oxygen atoms in total. The van der Waals surface area contributed by atoms with Crippen LogP contribution >= 0.6 is 0 Å². The maximum atomic E-state index is 12.6. The van der Waals surface area contributed by atoms with Gasteiger partial charge in [0.05, 0.1) is 23.1 Å². The largest absolute Gasteiger partial charge is 0.391 e. The summed E-state index contributed by atoms with van der Waals surface area (Å²) in [6.45, 7) is 6.43. The first kappa shape index (κ1) is 19.2. The molecule has 0 unspecified atom stereocenters. The van der Waals surface area contributed by atoms with Crippen molar-refractivity contribution in [3.8, 4) is 0 Å². The molecule has 27 heavy (non-hydrogen) atoms. The zero-order valence-electron chi connectivity index (χ0n) is 15.9. The molecule has 2 aromatic heterocycles. The van der Waals surface area contributed by atoms with Crippen LogP contribution in [0.4, 0.5) is 0 Å². The van der Waals surface area contributed by atoms with Gasteiger partial charge in [-0.1, -0.05) is 0 Å². The van der Waals surface area contributed by atoms with Gasteiger partial charge in [-0.2, -0.15) is 5.10 Å². The Morgan fingerprint density at radius 1 is 1.26 bits per heavy atom. The summed E-state index contributed by atoms with van der Waals surface area (Å²) in [6, 6.07) is 0. The second-order valence-corrected chi connectivity index (χ2v) is 7.10. The van der Waals surface area contributed by atoms with E-state index in [9.17, 15) is 14.7 Å². The van der Waals surface area contributed by atoms with Gasteiger partial charge in [0.15, 0.2) is 5.78 Å². The standard InChI is InChI=1S/C19H25N5O3/c1-12-19(14(3)25)13(2)24(22-12)7-4-18(27)23-10-15(17(26)11-23)8-16-9-20-5-6-21-16/h5-6,9,15,17,26H,4,7-8,10-11H2,1-3H3/t15-,17-/m1/s1. The number of rotatable bonds is 6. The van der Waals surface area contributed by atoms with Crippen LogP contribution in [0.5, 0.6) is 0 Å². The zero-order chi connectivity index (χ0) is 19.6. The van der Waals surface area contributed by atoms with E-state index in [0.29, 0.717) is 37.3 Å². The lowest BCUT2D eigenvalue weighted by atomic mass is 10.0. The fourth-order valence-electron chi connectivity index (χ4n) is 3.75. The van der Waals surface area contributed by atoms with Gasteiger partial charge in [-0.3, -0.25) is 24.2 Å². The molecule has 1 aliphatic rings. The topological polar surface area (TPSA) is 101 Å². The van der Waals surface area contributed by atoms with E-state index >= 15 is 0 Å². The third kappa shape index (κ3) is 4.21. The van der Waals surface area contributed by atoms with E-state index in [1.807, 2.05) is 6.92 Å². The second kappa shape index (κ2) is 7.96. The molecule has 144 valence electrons. The molecular formula is C19H25N5O3. The molecule has 8 heteroatoms. The van der Waals surface area contributed by atoms with Gasteiger partial charge in [0.2, 0.25) is 5.91 Å². The molecule has 0 saturated carbocycles. The highest BCUT2D eigenvalue weighted by Gasteiger charge is 2.34. The monoisotopic (exact) mass is 371 g/mol. The number of carbonyl (C=O) groups is 2. The third-order valence-corrected chi connectivity index (χ3v) is 5.12. The maximum absolute atomic E-state index is 12.6. The summed E-state index contributed by atoms with van der Waals surface area (Å²) >= 11 is 0. The molecule has 3 heterocycles. The van der Waals surface area contributed by atoms with E-state index in [0.717, 1.165) is 11.4 Å². The number of nitrogens with zero attached hydrogens (tertiary/aromatic N) is 5. The van der Waals surface area contributed by atoms with Crippen LogP contribution in [0.15, 0.2) is 18.6 Å². The summed E-state index contributed by atoms with van der Waals surface area (Å²) in [4.78, 5) is 34.3. The van der Waals surface area contributed by atoms with Gasteiger partial charge in [0.1, 0.15) is 0 Å². The fourth-order valence-corrected chi connectivity index (χ4v) is 3.75. The van der Waals surface area contributed by atoms with Crippen LogP contribution in [-0.2, 0) is 17.8 Å². The number of aliphatic hydroxyl groups is 1. The van der Waals surface area contributed by atoms with Crippen molar-refractivity contribution in [2.75, 3.05) is 13.1 Å². The summed E-state index contributed by atoms with van der Waals surface area (Å²) in [6.07, 6.45) is 5.24. The van der Waals surface area contributed by atoms with Crippen LogP contribution in [0, 0.1) is 19.8 Å². The highest BCUT2D eigenvalue weighted by Crippen LogP contribution is 2.22. The number of carbonyl (C=O) groups excluding carboxylic acids is 2. The highest BCUT2D eigenvalue weighted by molar-refractivity contribution is 5.96. The predicted octanol–water partition coefficient (Wildman–Crippen LogP) is 0.945. The minimum Gasteiger partial charge on any atom is -0.391 e. The van der Waals surface area contributed by atoms with Crippen LogP contribution in [-0.4, -0.2) is 60.6 Å². The molecule has 0 bridgehead atoms. The summed E-state index contributed by atoms with van der Waals surface area (Å²) in [5.74, 6) is -0.0756. The minimum absolute atomic E-state index is 0.0166. The van der Waals surface area contributed by atoms with Gasteiger partial charge in [0, 0.05) is 56.3 Å². The molecule has 2 aromatic rings. The molecule has 1 N–H and O–H groups in total. The molecule has 0 aliphatic carbocycles. The van der Waals surface area contributed by atoms with Crippen LogP contribution < -0.4 is 0 Å². The number of aliphatic hydroxyl groups excluding tert-OH is 1. The van der Waals surface area contributed by atoms with E-state index in [4.69, 9.17) is 0 Å². The van der Waals surface area contributed by atoms with E-state index in [-0.39, 0.29) is 24.0 Å². The Morgan fingerprint density at radius 2 is 2.04 bits per heavy atom. The Morgan fingerprint density at radius 3 is 2.67 bits per heavy atom. The number of hydrogen-bond acceptors (Lipinski definition) is 6. The number of likely N-dealkylation sites (tertiary alicyclic amines) is 1. The van der Waals surface area contributed by atoms with Crippen LogP contribution in [0.25, 0.3) is 0 Å². The molecule has 3 rings (SSSR count). The van der Waals surface area contributed by atoms with Gasteiger partial charge in [0.25, 0.3) is 0 Å². The molecule has 2 atom stereocenters. The summed E-state index contributed by atoms with van der Waals surface area (Å²) in [5.41, 5.74) is 2.92. The Kier molecular flexibility index (Phi) is 5.65. The number of amides is 1. The number of aromatic nitrogens is 4. The van der Waals surface area contributed by atoms with Crippen molar-refractivity contribution in [1.29, 1.82) is 0 Å². The third-order valence-electron chi connectivity index (χ3n) is 5.12. The van der Waals surface area contributed by atoms with Crippen molar-refractivity contribution in [1.82, 2.24) is 24.6 Å². The number of Topliss-reactive ketones (excluding diaryl/α,β-unsaturated/α-hetero) is 1. The molecule has 0 aromatic carbocycles. The minimum atomic E-state index is -0.561. The van der Waals surface area contributed by atoms with Gasteiger partial charge >= 0.3 is 0 Å². The lowest BCUT2D eigenvalue weighted by Gasteiger charge is -2.16. The van der Waals surface area contributed by atoms with Gasteiger partial charge < -0.3 is 10.0 Å². The first-order chi connectivity index (χ1) is 12.9. The van der Waals surface area contributed by atoms with Crippen LogP contribution in [0.3, 0.4) is 0 Å². The van der Waals surface area contributed by atoms with Crippen molar-refractivity contribution in [3.63, 3.8) is 0 Å². The molecular weight excluding hydrogens is 346 g/mol. The summed E-state index contributed by atoms with van der Waals surface area (Å²) in [5, 5.41) is 14.7. The zero-order valence-corrected chi connectivity index (χ0v) is 15.9.